The SMILES string of the molecule is CC1(C)C(=O)Nc2cc(NC3=N[N+]4(N5CCC(C(=O)O)C5)C=CN=CC4=N3)ccc21. The first-order valence-electron chi connectivity index (χ1n) is 9.80. The molecule has 0 saturated carbocycles. The van der Waals surface area contributed by atoms with Gasteiger partial charge in [0.1, 0.15) is 6.21 Å². The Hall–Kier alpha value is -3.37. The standard InChI is InChI=1S/C20H21N7O3/c1-20(2)14-4-3-13(9-15(14)23-18(20)30)22-19-24-16-10-21-6-8-27(16,25-19)26-7-5-12(11-26)17(28)29/h3-4,6,8-10,12H,5,7,11H2,1-2H3,(H2-,22,23,25,28,29,30)/p+1. The summed E-state index contributed by atoms with van der Waals surface area (Å²) in [6.07, 6.45) is 5.64. The molecule has 10 nitrogen and oxygen atoms in total. The lowest BCUT2D eigenvalue weighted by Crippen LogP contribution is -2.55. The van der Waals surface area contributed by atoms with Crippen LogP contribution in [0.3, 0.4) is 0 Å². The fourth-order valence-corrected chi connectivity index (χ4v) is 4.24. The molecule has 0 aliphatic carbocycles. The van der Waals surface area contributed by atoms with E-state index in [1.165, 1.54) is 0 Å². The average Bonchev–Trinajstić information content (AvgIpc) is 3.38. The minimum atomic E-state index is -0.798. The topological polar surface area (TPSA) is 119 Å². The summed E-state index contributed by atoms with van der Waals surface area (Å²) in [5.41, 5.74) is 1.91. The van der Waals surface area contributed by atoms with E-state index in [0.717, 1.165) is 16.9 Å². The van der Waals surface area contributed by atoms with Crippen molar-refractivity contribution in [1.29, 1.82) is 0 Å². The number of anilines is 2. The highest BCUT2D eigenvalue weighted by atomic mass is 16.4. The summed E-state index contributed by atoms with van der Waals surface area (Å²) in [6, 6.07) is 5.69. The van der Waals surface area contributed by atoms with E-state index in [4.69, 9.17) is 5.10 Å². The van der Waals surface area contributed by atoms with Crippen LogP contribution < -0.4 is 10.6 Å². The van der Waals surface area contributed by atoms with E-state index < -0.39 is 17.3 Å². The second-order valence-electron chi connectivity index (χ2n) is 8.32. The monoisotopic (exact) mass is 408 g/mol. The molecule has 4 aliphatic heterocycles. The van der Waals surface area contributed by atoms with E-state index in [9.17, 15) is 14.7 Å². The third-order valence-corrected chi connectivity index (χ3v) is 6.07. The number of nitrogens with one attached hydrogen (secondary N) is 2. The molecule has 1 aromatic rings. The van der Waals surface area contributed by atoms with Gasteiger partial charge in [-0.05, 0) is 47.8 Å². The zero-order chi connectivity index (χ0) is 21.1. The van der Waals surface area contributed by atoms with Crippen LogP contribution >= 0.6 is 0 Å². The number of fused-ring (bicyclic) bond motifs is 2. The number of guanidine groups is 1. The lowest BCUT2D eigenvalue weighted by Gasteiger charge is -2.31. The van der Waals surface area contributed by atoms with Gasteiger partial charge in [-0.1, -0.05) is 6.07 Å². The van der Waals surface area contributed by atoms with Crippen molar-refractivity contribution >= 4 is 41.3 Å². The first-order valence-corrected chi connectivity index (χ1v) is 9.80. The van der Waals surface area contributed by atoms with Gasteiger partial charge < -0.3 is 15.7 Å². The largest absolute Gasteiger partial charge is 0.481 e. The van der Waals surface area contributed by atoms with Gasteiger partial charge in [0.15, 0.2) is 6.20 Å². The molecule has 30 heavy (non-hydrogen) atoms. The van der Waals surface area contributed by atoms with Crippen molar-refractivity contribution in [1.82, 2.24) is 5.01 Å². The van der Waals surface area contributed by atoms with Crippen LogP contribution in [-0.2, 0) is 15.0 Å². The third kappa shape index (κ3) is 2.68. The molecule has 0 radical (unpaired) electrons. The molecule has 1 amide bonds. The smallest absolute Gasteiger partial charge is 0.308 e. The number of carbonyl (C=O) groups excluding carboxylic acids is 1. The molecule has 1 aromatic carbocycles. The number of amides is 1. The Labute approximate surface area is 172 Å². The van der Waals surface area contributed by atoms with Crippen LogP contribution in [0.4, 0.5) is 11.4 Å². The molecule has 4 aliphatic rings. The summed E-state index contributed by atoms with van der Waals surface area (Å²) in [4.78, 5) is 32.3. The van der Waals surface area contributed by atoms with Crippen LogP contribution in [0.2, 0.25) is 0 Å². The van der Waals surface area contributed by atoms with Gasteiger partial charge in [-0.3, -0.25) is 14.6 Å². The number of carboxylic acid groups (broad SMARTS) is 1. The highest BCUT2D eigenvalue weighted by molar-refractivity contribution is 6.30. The summed E-state index contributed by atoms with van der Waals surface area (Å²) >= 11 is 0. The van der Waals surface area contributed by atoms with Gasteiger partial charge >= 0.3 is 11.8 Å². The molecule has 0 aromatic heterocycles. The molecule has 0 bridgehead atoms. The number of quaternary nitrogens is 1. The highest BCUT2D eigenvalue weighted by Crippen LogP contribution is 2.39. The molecular formula is C20H22N7O3+. The van der Waals surface area contributed by atoms with Crippen molar-refractivity contribution in [2.45, 2.75) is 25.7 Å². The predicted octanol–water partition coefficient (Wildman–Crippen LogP) is 1.71. The fraction of sp³-hybridized carbons (Fsp3) is 0.350. The first kappa shape index (κ1) is 18.6. The fourth-order valence-electron chi connectivity index (χ4n) is 4.24. The van der Waals surface area contributed by atoms with Gasteiger partial charge in [0.25, 0.3) is 5.96 Å². The lowest BCUT2D eigenvalue weighted by atomic mass is 9.86. The van der Waals surface area contributed by atoms with Crippen LogP contribution in [0, 0.1) is 5.92 Å². The van der Waals surface area contributed by atoms with E-state index in [1.807, 2.05) is 37.1 Å². The lowest BCUT2D eigenvalue weighted by molar-refractivity contribution is -0.915. The number of carboxylic acids is 1. The zero-order valence-corrected chi connectivity index (χ0v) is 16.7. The Balaban J connectivity index is 1.43. The summed E-state index contributed by atoms with van der Waals surface area (Å²) in [7, 11) is 0. The number of hydrogen-bond donors (Lipinski definition) is 3. The average molecular weight is 408 g/mol. The van der Waals surface area contributed by atoms with Crippen molar-refractivity contribution in [2.75, 3.05) is 23.7 Å². The van der Waals surface area contributed by atoms with Gasteiger partial charge in [-0.2, -0.15) is 0 Å². The Morgan fingerprint density at radius 1 is 1.40 bits per heavy atom. The maximum Gasteiger partial charge on any atom is 0.308 e. The van der Waals surface area contributed by atoms with Crippen molar-refractivity contribution in [3.8, 4) is 0 Å². The van der Waals surface area contributed by atoms with E-state index in [-0.39, 0.29) is 10.6 Å². The number of aliphatic carboxylic acids is 1. The first-order chi connectivity index (χ1) is 14.3. The minimum Gasteiger partial charge on any atom is -0.481 e. The van der Waals surface area contributed by atoms with E-state index in [2.05, 4.69) is 20.6 Å². The Morgan fingerprint density at radius 2 is 2.23 bits per heavy atom. The predicted molar refractivity (Wildman–Crippen MR) is 112 cm³/mol. The van der Waals surface area contributed by atoms with Crippen LogP contribution in [-0.4, -0.2) is 57.8 Å². The number of hydrogen-bond acceptors (Lipinski definition) is 7. The van der Waals surface area contributed by atoms with Crippen LogP contribution in [0.25, 0.3) is 0 Å². The molecule has 5 rings (SSSR count). The van der Waals surface area contributed by atoms with E-state index in [1.54, 1.807) is 18.6 Å². The Kier molecular flexibility index (Phi) is 3.92. The van der Waals surface area contributed by atoms with Gasteiger partial charge in [0, 0.05) is 11.4 Å². The van der Waals surface area contributed by atoms with E-state index >= 15 is 0 Å². The molecule has 1 fully saturated rings. The molecule has 10 heteroatoms. The van der Waals surface area contributed by atoms with Crippen LogP contribution in [0.1, 0.15) is 25.8 Å². The molecule has 154 valence electrons. The maximum atomic E-state index is 12.2. The zero-order valence-electron chi connectivity index (χ0n) is 16.7. The Bertz CT molecular complexity index is 1090. The maximum absolute atomic E-state index is 12.2. The number of aliphatic imine (C=N–C) groups is 2. The van der Waals surface area contributed by atoms with Gasteiger partial charge in [0.05, 0.1) is 30.6 Å². The molecule has 1 saturated heterocycles. The second-order valence-corrected chi connectivity index (χ2v) is 8.32. The van der Waals surface area contributed by atoms with E-state index in [0.29, 0.717) is 31.3 Å². The van der Waals surface area contributed by atoms with Crippen LogP contribution in [0.15, 0.2) is 45.7 Å². The van der Waals surface area contributed by atoms with Crippen molar-refractivity contribution in [3.63, 3.8) is 0 Å². The van der Waals surface area contributed by atoms with Gasteiger partial charge in [0.2, 0.25) is 5.91 Å². The summed E-state index contributed by atoms with van der Waals surface area (Å²) in [5, 5.41) is 22.2. The summed E-state index contributed by atoms with van der Waals surface area (Å²) in [5.74, 6) is -0.263. The molecular weight excluding hydrogens is 386 g/mol. The summed E-state index contributed by atoms with van der Waals surface area (Å²) < 4.78 is -0.0235. The van der Waals surface area contributed by atoms with Crippen molar-refractivity contribution in [3.05, 3.63) is 36.2 Å². The number of benzene rings is 1. The number of carbonyl (C=O) groups is 2. The quantitative estimate of drug-likeness (QED) is 0.658. The third-order valence-electron chi connectivity index (χ3n) is 6.07. The minimum absolute atomic E-state index is 0.0235. The number of amidine groups is 1. The summed E-state index contributed by atoms with van der Waals surface area (Å²) in [6.45, 7) is 4.76. The second kappa shape index (κ2) is 6.31. The molecule has 4 heterocycles. The van der Waals surface area contributed by atoms with Gasteiger partial charge in [-0.25, -0.2) is 0 Å². The Morgan fingerprint density at radius 3 is 3.00 bits per heavy atom. The normalized spacial score (nSPS) is 28.6. The highest BCUT2D eigenvalue weighted by Gasteiger charge is 2.50. The molecule has 3 N–H and O–H groups in total. The molecule has 2 unspecified atom stereocenters. The van der Waals surface area contributed by atoms with Crippen LogP contribution in [0.5, 0.6) is 0 Å². The molecule has 2 atom stereocenters. The van der Waals surface area contributed by atoms with Crippen molar-refractivity contribution in [2.24, 2.45) is 21.0 Å². The molecule has 0 spiro atoms. The number of rotatable bonds is 3. The van der Waals surface area contributed by atoms with Gasteiger partial charge in [-0.15, -0.1) is 10.0 Å². The van der Waals surface area contributed by atoms with Crippen molar-refractivity contribution < 1.29 is 19.4 Å². The number of nitrogens with zero attached hydrogens (tertiary/aromatic N) is 5.